The number of nitrogens with two attached hydrogens (primary N) is 2. The van der Waals surface area contributed by atoms with Crippen LogP contribution in [-0.4, -0.2) is 186 Å². The summed E-state index contributed by atoms with van der Waals surface area (Å²) in [6.45, 7) is 7.13. The van der Waals surface area contributed by atoms with Gasteiger partial charge >= 0.3 is 11.9 Å². The number of aliphatic hydroxyl groups is 10. The van der Waals surface area contributed by atoms with Crippen molar-refractivity contribution in [3.63, 3.8) is 0 Å². The van der Waals surface area contributed by atoms with Gasteiger partial charge in [0.15, 0.2) is 12.1 Å². The number of carbonyl (C=O) groups excluding carboxylic acids is 3. The first-order valence-corrected chi connectivity index (χ1v) is 26.1. The summed E-state index contributed by atoms with van der Waals surface area (Å²) < 4.78 is 28.8. The monoisotopic (exact) mass is 1070 g/mol. The molecule has 3 aliphatic rings. The Morgan fingerprint density at radius 2 is 1.32 bits per heavy atom. The minimum Gasteiger partial charge on any atom is -0.469 e. The van der Waals surface area contributed by atoms with Crippen LogP contribution in [0.4, 0.5) is 0 Å². The quantitative estimate of drug-likeness (QED) is 0.110. The molecule has 1 amide bonds. The average Bonchev–Trinajstić information content (AvgIpc) is 3.34. The summed E-state index contributed by atoms with van der Waals surface area (Å²) in [6, 6.07) is -2.26. The number of aliphatic hydroxyl groups excluding tert-OH is 9. The fraction of sp³-hybridized carbons (Fsp3) is 0.685. The molecule has 2 saturated heterocycles. The lowest BCUT2D eigenvalue weighted by atomic mass is 9.82. The largest absolute Gasteiger partial charge is 0.469 e. The van der Waals surface area contributed by atoms with Gasteiger partial charge in [0, 0.05) is 37.5 Å². The van der Waals surface area contributed by atoms with Crippen LogP contribution >= 0.6 is 0 Å². The zero-order valence-electron chi connectivity index (χ0n) is 43.9. The van der Waals surface area contributed by atoms with Crippen molar-refractivity contribution >= 4 is 17.8 Å². The number of ether oxygens (including phenoxy) is 5. The molecule has 0 radical (unpaired) electrons. The Balaban J connectivity index is 1.94. The SMILES string of the molecule is COC(=O)C1C(O)CC2(O)CC(O)CC(O)C(O)CCC(O)CC(O)CC(=O)OC(C)C(C)C(O)C(C)C=CC=CC=CC=CC=CC=CC=CC(OC3OC(C)C(O)C(NC(=O)C(N)CCCCN)C3O)CC1O2. The van der Waals surface area contributed by atoms with Crippen molar-refractivity contribution < 1.29 is 89.1 Å². The van der Waals surface area contributed by atoms with Crippen LogP contribution in [0, 0.1) is 17.8 Å². The molecule has 0 aromatic rings. The Bertz CT molecular complexity index is 1930. The van der Waals surface area contributed by atoms with Gasteiger partial charge in [-0.05, 0) is 52.5 Å². The molecule has 0 spiro atoms. The van der Waals surface area contributed by atoms with E-state index in [4.69, 9.17) is 35.2 Å². The number of unbranched alkanes of at least 4 members (excludes halogenated alkanes) is 1. The van der Waals surface area contributed by atoms with Gasteiger partial charge in [0.2, 0.25) is 5.91 Å². The van der Waals surface area contributed by atoms with E-state index in [9.17, 15) is 65.4 Å². The molecule has 0 aromatic carbocycles. The maximum atomic E-state index is 13.3. The van der Waals surface area contributed by atoms with Crippen LogP contribution in [-0.2, 0) is 38.1 Å². The summed E-state index contributed by atoms with van der Waals surface area (Å²) in [5, 5.41) is 113. The number of hydrogen-bond acceptors (Lipinski definition) is 20. The van der Waals surface area contributed by atoms with Gasteiger partial charge in [0.25, 0.3) is 0 Å². The summed E-state index contributed by atoms with van der Waals surface area (Å²) in [5.41, 5.74) is 11.7. The van der Waals surface area contributed by atoms with Crippen molar-refractivity contribution in [1.29, 1.82) is 0 Å². The first-order valence-electron chi connectivity index (χ1n) is 26.1. The summed E-state index contributed by atoms with van der Waals surface area (Å²) in [6.07, 6.45) is 4.40. The normalized spacial score (nSPS) is 38.3. The number of rotatable bonds is 9. The number of methoxy groups -OCH3 is 1. The maximum Gasteiger partial charge on any atom is 0.313 e. The molecular formula is C54H87N3O18. The Hall–Kier alpha value is -4.01. The first kappa shape index (κ1) is 65.3. The topological polar surface area (TPSA) is 364 Å². The molecule has 3 aliphatic heterocycles. The van der Waals surface area contributed by atoms with E-state index in [0.29, 0.717) is 25.8 Å². The van der Waals surface area contributed by atoms with Crippen LogP contribution in [0.25, 0.3) is 0 Å². The number of allylic oxidation sites excluding steroid dienone is 12. The lowest BCUT2D eigenvalue weighted by Gasteiger charge is -2.46. The Morgan fingerprint density at radius 1 is 0.720 bits per heavy atom. The van der Waals surface area contributed by atoms with Gasteiger partial charge in [0.1, 0.15) is 24.2 Å². The third kappa shape index (κ3) is 22.5. The maximum absolute atomic E-state index is 13.3. The molecule has 20 atom stereocenters. The van der Waals surface area contributed by atoms with Crippen LogP contribution in [0.3, 0.4) is 0 Å². The van der Waals surface area contributed by atoms with Gasteiger partial charge in [-0.2, -0.15) is 0 Å². The second-order valence-corrected chi connectivity index (χ2v) is 20.1. The van der Waals surface area contributed by atoms with Crippen molar-refractivity contribution in [3.05, 3.63) is 85.1 Å². The number of hydrogen-bond donors (Lipinski definition) is 13. The van der Waals surface area contributed by atoms with Crippen molar-refractivity contribution in [1.82, 2.24) is 5.32 Å². The fourth-order valence-electron chi connectivity index (χ4n) is 9.14. The van der Waals surface area contributed by atoms with E-state index in [-0.39, 0.29) is 31.6 Å². The van der Waals surface area contributed by atoms with E-state index < -0.39 is 159 Å². The van der Waals surface area contributed by atoms with Gasteiger partial charge in [-0.25, -0.2) is 0 Å². The number of nitrogens with one attached hydrogen (secondary N) is 1. The van der Waals surface area contributed by atoms with Gasteiger partial charge in [-0.1, -0.05) is 105 Å². The van der Waals surface area contributed by atoms with E-state index in [0.717, 1.165) is 7.11 Å². The van der Waals surface area contributed by atoms with E-state index >= 15 is 0 Å². The van der Waals surface area contributed by atoms with Crippen LogP contribution in [0.5, 0.6) is 0 Å². The number of carbonyl (C=O) groups is 3. The van der Waals surface area contributed by atoms with E-state index in [1.807, 2.05) is 19.1 Å². The second kappa shape index (κ2) is 33.3. The van der Waals surface area contributed by atoms with E-state index in [2.05, 4.69) is 5.32 Å². The van der Waals surface area contributed by atoms with Crippen molar-refractivity contribution in [2.45, 2.75) is 202 Å². The molecule has 75 heavy (non-hydrogen) atoms. The van der Waals surface area contributed by atoms with Crippen molar-refractivity contribution in [3.8, 4) is 0 Å². The Kier molecular flexibility index (Phi) is 29.0. The molecule has 2 fully saturated rings. The highest BCUT2D eigenvalue weighted by Gasteiger charge is 2.51. The molecular weight excluding hydrogens is 979 g/mol. The number of esters is 2. The zero-order chi connectivity index (χ0) is 55.8. The number of amides is 1. The standard InChI is InChI=1S/C54H87N3O18/c1-32-20-16-14-12-10-8-6-7-9-11-13-15-17-21-39(74-53-50(67)47(49(66)35(4)73-53)57-51(68)40(56)22-18-19-25-55)29-44-46(52(69)71-5)43(63)31-54(70,75-44)30-38(60)27-42(62)41(61)24-23-36(58)26-37(59)28-45(64)72-34(3)33(2)48(32)65/h6-17,20-21,32-44,46-50,53,58-63,65-67,70H,18-19,22-31,55-56H2,1-5H3,(H,57,68). The molecule has 3 rings (SSSR count). The molecule has 0 aliphatic carbocycles. The Labute approximate surface area is 440 Å². The Morgan fingerprint density at radius 3 is 1.92 bits per heavy atom. The minimum absolute atomic E-state index is 0.116. The highest BCUT2D eigenvalue weighted by atomic mass is 16.7. The summed E-state index contributed by atoms with van der Waals surface area (Å²) in [4.78, 5) is 39.1. The van der Waals surface area contributed by atoms with Crippen LogP contribution < -0.4 is 16.8 Å². The molecule has 2 bridgehead atoms. The predicted octanol–water partition coefficient (Wildman–Crippen LogP) is 0.414. The van der Waals surface area contributed by atoms with Gasteiger partial charge in [-0.3, -0.25) is 14.4 Å². The molecule has 0 aromatic heterocycles. The molecule has 21 nitrogen and oxygen atoms in total. The zero-order valence-corrected chi connectivity index (χ0v) is 43.9. The van der Waals surface area contributed by atoms with E-state index in [1.54, 1.807) is 80.7 Å². The van der Waals surface area contributed by atoms with Gasteiger partial charge in [-0.15, -0.1) is 0 Å². The molecule has 3 heterocycles. The molecule has 21 heteroatoms. The fourth-order valence-corrected chi connectivity index (χ4v) is 9.14. The molecule has 0 saturated carbocycles. The summed E-state index contributed by atoms with van der Waals surface area (Å²) in [7, 11) is 1.10. The summed E-state index contributed by atoms with van der Waals surface area (Å²) >= 11 is 0. The van der Waals surface area contributed by atoms with Crippen LogP contribution in [0.1, 0.15) is 98.3 Å². The minimum atomic E-state index is -2.33. The first-order chi connectivity index (χ1) is 35.5. The average molecular weight is 1070 g/mol. The van der Waals surface area contributed by atoms with Gasteiger partial charge < -0.3 is 91.5 Å². The van der Waals surface area contributed by atoms with E-state index in [1.165, 1.54) is 13.0 Å². The molecule has 20 unspecified atom stereocenters. The molecule has 426 valence electrons. The highest BCUT2D eigenvalue weighted by molar-refractivity contribution is 5.81. The highest BCUT2D eigenvalue weighted by Crippen LogP contribution is 2.38. The third-order valence-corrected chi connectivity index (χ3v) is 13.8. The van der Waals surface area contributed by atoms with Crippen LogP contribution in [0.2, 0.25) is 0 Å². The second-order valence-electron chi connectivity index (χ2n) is 20.1. The number of cyclic esters (lactones) is 1. The predicted molar refractivity (Wildman–Crippen MR) is 276 cm³/mol. The summed E-state index contributed by atoms with van der Waals surface area (Å²) in [5.74, 6) is -6.77. The van der Waals surface area contributed by atoms with Gasteiger partial charge in [0.05, 0.1) is 86.7 Å². The molecule has 15 N–H and O–H groups in total. The lowest BCUT2D eigenvalue weighted by molar-refractivity contribution is -0.309. The number of fused-ring (bicyclic) bond motifs is 2. The van der Waals surface area contributed by atoms with Crippen molar-refractivity contribution in [2.24, 2.45) is 29.2 Å². The van der Waals surface area contributed by atoms with Crippen molar-refractivity contribution in [2.75, 3.05) is 13.7 Å². The third-order valence-electron chi connectivity index (χ3n) is 13.8. The lowest BCUT2D eigenvalue weighted by Crippen LogP contribution is -2.65. The smallest absolute Gasteiger partial charge is 0.313 e. The van der Waals surface area contributed by atoms with Crippen LogP contribution in [0.15, 0.2) is 85.1 Å².